The number of hydrogen-bond acceptors (Lipinski definition) is 1. The van der Waals surface area contributed by atoms with Gasteiger partial charge >= 0.3 is 0 Å². The van der Waals surface area contributed by atoms with Crippen LogP contribution in [0.25, 0.3) is 43.8 Å². The maximum atomic E-state index is 4.32. The van der Waals surface area contributed by atoms with Gasteiger partial charge in [0.2, 0.25) is 0 Å². The molecule has 0 aliphatic rings. The standard InChI is InChI=1S/C25H17N/c1-2-12-21-18(7-1)8-3-14-23(21)24-15-5-10-19-9-4-13-22(25(19)24)20-11-6-16-26-17-20/h1-17H. The monoisotopic (exact) mass is 331 g/mol. The van der Waals surface area contributed by atoms with Crippen molar-refractivity contribution in [2.75, 3.05) is 0 Å². The molecule has 0 unspecified atom stereocenters. The molecule has 0 amide bonds. The second-order valence-electron chi connectivity index (χ2n) is 6.48. The summed E-state index contributed by atoms with van der Waals surface area (Å²) in [5, 5.41) is 5.07. The van der Waals surface area contributed by atoms with Crippen LogP contribution in [0.1, 0.15) is 0 Å². The van der Waals surface area contributed by atoms with Crippen molar-refractivity contribution in [2.24, 2.45) is 0 Å². The smallest absolute Gasteiger partial charge is 0.0346 e. The number of hydrogen-bond donors (Lipinski definition) is 0. The Morgan fingerprint density at radius 2 is 1.19 bits per heavy atom. The number of benzene rings is 4. The minimum atomic E-state index is 1.14. The average Bonchev–Trinajstić information content (AvgIpc) is 2.73. The van der Waals surface area contributed by atoms with Crippen molar-refractivity contribution >= 4 is 21.5 Å². The molecule has 0 aliphatic carbocycles. The van der Waals surface area contributed by atoms with Gasteiger partial charge in [0.1, 0.15) is 0 Å². The van der Waals surface area contributed by atoms with Gasteiger partial charge in [-0.25, -0.2) is 0 Å². The molecule has 0 atom stereocenters. The molecule has 1 aromatic heterocycles. The van der Waals surface area contributed by atoms with Crippen LogP contribution >= 0.6 is 0 Å². The Bertz CT molecular complexity index is 1210. The van der Waals surface area contributed by atoms with Crippen molar-refractivity contribution in [1.29, 1.82) is 0 Å². The van der Waals surface area contributed by atoms with Crippen molar-refractivity contribution in [1.82, 2.24) is 4.98 Å². The summed E-state index contributed by atoms with van der Waals surface area (Å²) in [5.41, 5.74) is 4.90. The highest BCUT2D eigenvalue weighted by Gasteiger charge is 2.11. The molecule has 0 bridgehead atoms. The first-order valence-corrected chi connectivity index (χ1v) is 8.82. The largest absolute Gasteiger partial charge is 0.264 e. The molecule has 0 fully saturated rings. The highest BCUT2D eigenvalue weighted by atomic mass is 14.6. The molecule has 1 nitrogen and oxygen atoms in total. The number of fused-ring (bicyclic) bond motifs is 2. The van der Waals surface area contributed by atoms with Gasteiger partial charge in [0.05, 0.1) is 0 Å². The van der Waals surface area contributed by atoms with Crippen LogP contribution in [0.15, 0.2) is 103 Å². The number of pyridine rings is 1. The van der Waals surface area contributed by atoms with E-state index >= 15 is 0 Å². The zero-order chi connectivity index (χ0) is 17.3. The molecule has 0 saturated heterocycles. The molecule has 0 saturated carbocycles. The molecule has 0 aliphatic heterocycles. The van der Waals surface area contributed by atoms with Crippen LogP contribution in [0, 0.1) is 0 Å². The maximum Gasteiger partial charge on any atom is 0.0346 e. The lowest BCUT2D eigenvalue weighted by molar-refractivity contribution is 1.33. The van der Waals surface area contributed by atoms with Crippen molar-refractivity contribution < 1.29 is 0 Å². The van der Waals surface area contributed by atoms with E-state index in [1.807, 2.05) is 18.5 Å². The lowest BCUT2D eigenvalue weighted by Gasteiger charge is -2.14. The average molecular weight is 331 g/mol. The van der Waals surface area contributed by atoms with E-state index in [4.69, 9.17) is 0 Å². The summed E-state index contributed by atoms with van der Waals surface area (Å²) in [5.74, 6) is 0. The highest BCUT2D eigenvalue weighted by Crippen LogP contribution is 2.38. The number of rotatable bonds is 2. The summed E-state index contributed by atoms with van der Waals surface area (Å²) in [4.78, 5) is 4.32. The van der Waals surface area contributed by atoms with Gasteiger partial charge in [-0.1, -0.05) is 84.9 Å². The van der Waals surface area contributed by atoms with Gasteiger partial charge in [0, 0.05) is 18.0 Å². The normalized spacial score (nSPS) is 11.1. The zero-order valence-electron chi connectivity index (χ0n) is 14.3. The predicted octanol–water partition coefficient (Wildman–Crippen LogP) is 6.72. The fourth-order valence-electron chi connectivity index (χ4n) is 3.79. The van der Waals surface area contributed by atoms with E-state index in [-0.39, 0.29) is 0 Å². The Kier molecular flexibility index (Phi) is 3.50. The van der Waals surface area contributed by atoms with Gasteiger partial charge in [0.15, 0.2) is 0 Å². The van der Waals surface area contributed by atoms with Gasteiger partial charge in [-0.3, -0.25) is 4.98 Å². The Hall–Kier alpha value is -3.45. The molecular formula is C25H17N. The molecule has 5 rings (SSSR count). The van der Waals surface area contributed by atoms with E-state index in [9.17, 15) is 0 Å². The molecule has 26 heavy (non-hydrogen) atoms. The summed E-state index contributed by atoms with van der Waals surface area (Å²) in [6.45, 7) is 0. The van der Waals surface area contributed by atoms with Crippen molar-refractivity contribution in [3.8, 4) is 22.3 Å². The fourth-order valence-corrected chi connectivity index (χ4v) is 3.79. The van der Waals surface area contributed by atoms with Crippen LogP contribution in [0.3, 0.4) is 0 Å². The van der Waals surface area contributed by atoms with Crippen LogP contribution in [0.4, 0.5) is 0 Å². The lowest BCUT2D eigenvalue weighted by atomic mass is 9.90. The second-order valence-corrected chi connectivity index (χ2v) is 6.48. The third-order valence-corrected chi connectivity index (χ3v) is 4.96. The first kappa shape index (κ1) is 14.9. The van der Waals surface area contributed by atoms with Crippen LogP contribution in [0.5, 0.6) is 0 Å². The van der Waals surface area contributed by atoms with Crippen LogP contribution in [0.2, 0.25) is 0 Å². The number of nitrogens with zero attached hydrogens (tertiary/aromatic N) is 1. The predicted molar refractivity (Wildman–Crippen MR) is 110 cm³/mol. The molecule has 122 valence electrons. The van der Waals surface area contributed by atoms with Crippen molar-refractivity contribution in [3.05, 3.63) is 103 Å². The quantitative estimate of drug-likeness (QED) is 0.350. The molecular weight excluding hydrogens is 314 g/mol. The molecule has 0 spiro atoms. The topological polar surface area (TPSA) is 12.9 Å². The Morgan fingerprint density at radius 1 is 0.500 bits per heavy atom. The van der Waals surface area contributed by atoms with E-state index in [0.717, 1.165) is 5.56 Å². The molecule has 1 heteroatoms. The van der Waals surface area contributed by atoms with Crippen molar-refractivity contribution in [3.63, 3.8) is 0 Å². The van der Waals surface area contributed by atoms with Crippen LogP contribution < -0.4 is 0 Å². The molecule has 5 aromatic rings. The maximum absolute atomic E-state index is 4.32. The van der Waals surface area contributed by atoms with Gasteiger partial charge in [-0.15, -0.1) is 0 Å². The van der Waals surface area contributed by atoms with Crippen molar-refractivity contribution in [2.45, 2.75) is 0 Å². The summed E-state index contributed by atoms with van der Waals surface area (Å²) in [6.07, 6.45) is 3.76. The summed E-state index contributed by atoms with van der Waals surface area (Å²) in [7, 11) is 0. The SMILES string of the molecule is c1cncc(-c2cccc3cccc(-c4cccc5ccccc45)c23)c1. The highest BCUT2D eigenvalue weighted by molar-refractivity contribution is 6.10. The van der Waals surface area contributed by atoms with E-state index in [1.54, 1.807) is 0 Å². The second kappa shape index (κ2) is 6.12. The van der Waals surface area contributed by atoms with Crippen LogP contribution in [-0.4, -0.2) is 4.98 Å². The van der Waals surface area contributed by atoms with Gasteiger partial charge in [-0.2, -0.15) is 0 Å². The summed E-state index contributed by atoms with van der Waals surface area (Å²) < 4.78 is 0. The van der Waals surface area contributed by atoms with E-state index in [0.29, 0.717) is 0 Å². The van der Waals surface area contributed by atoms with E-state index in [2.05, 4.69) is 89.9 Å². The Balaban J connectivity index is 1.90. The van der Waals surface area contributed by atoms with Gasteiger partial charge in [-0.05, 0) is 44.3 Å². The minimum absolute atomic E-state index is 1.14. The fraction of sp³-hybridized carbons (Fsp3) is 0. The zero-order valence-corrected chi connectivity index (χ0v) is 14.3. The third-order valence-electron chi connectivity index (χ3n) is 4.96. The molecule has 0 radical (unpaired) electrons. The first-order chi connectivity index (χ1) is 12.9. The van der Waals surface area contributed by atoms with E-state index < -0.39 is 0 Å². The molecule has 4 aromatic carbocycles. The Labute approximate surface area is 152 Å². The van der Waals surface area contributed by atoms with Gasteiger partial charge < -0.3 is 0 Å². The van der Waals surface area contributed by atoms with E-state index in [1.165, 1.54) is 38.2 Å². The first-order valence-electron chi connectivity index (χ1n) is 8.82. The molecule has 0 N–H and O–H groups in total. The number of aromatic nitrogens is 1. The molecule has 1 heterocycles. The van der Waals surface area contributed by atoms with Gasteiger partial charge in [0.25, 0.3) is 0 Å². The summed E-state index contributed by atoms with van der Waals surface area (Å²) in [6, 6.07) is 32.3. The minimum Gasteiger partial charge on any atom is -0.264 e. The van der Waals surface area contributed by atoms with Crippen LogP contribution in [-0.2, 0) is 0 Å². The summed E-state index contributed by atoms with van der Waals surface area (Å²) >= 11 is 0. The third kappa shape index (κ3) is 2.37. The Morgan fingerprint density at radius 3 is 2.00 bits per heavy atom. The lowest BCUT2D eigenvalue weighted by Crippen LogP contribution is -1.88.